The molecule has 0 aromatic heterocycles. The fourth-order valence-electron chi connectivity index (χ4n) is 1.39. The van der Waals surface area contributed by atoms with Gasteiger partial charge in [0.25, 0.3) is 0 Å². The van der Waals surface area contributed by atoms with E-state index in [4.69, 9.17) is 17.3 Å². The molecule has 0 unspecified atom stereocenters. The van der Waals surface area contributed by atoms with Crippen molar-refractivity contribution in [3.8, 4) is 11.8 Å². The topological polar surface area (TPSA) is 72.2 Å². The monoisotopic (exact) mass is 300 g/mol. The van der Waals surface area contributed by atoms with E-state index in [1.807, 2.05) is 6.92 Å². The first-order chi connectivity index (χ1) is 8.98. The van der Waals surface area contributed by atoms with Gasteiger partial charge in [0.1, 0.15) is 0 Å². The molecule has 1 aromatic rings. The molecule has 0 aliphatic rings. The molecule has 104 valence electrons. The zero-order valence-electron chi connectivity index (χ0n) is 10.7. The molecule has 19 heavy (non-hydrogen) atoms. The van der Waals surface area contributed by atoms with Crippen LogP contribution >= 0.6 is 11.6 Å². The quantitative estimate of drug-likeness (QED) is 0.819. The fraction of sp³-hybridized carbons (Fsp3) is 0.385. The molecule has 0 bridgehead atoms. The Morgan fingerprint density at radius 3 is 2.79 bits per heavy atom. The minimum absolute atomic E-state index is 0.0819. The van der Waals surface area contributed by atoms with Crippen LogP contribution in [0.3, 0.4) is 0 Å². The van der Waals surface area contributed by atoms with Crippen LogP contribution in [0.4, 0.5) is 5.69 Å². The molecule has 0 saturated heterocycles. The number of benzene rings is 1. The summed E-state index contributed by atoms with van der Waals surface area (Å²) in [6, 6.07) is 4.93. The van der Waals surface area contributed by atoms with Crippen LogP contribution < -0.4 is 10.5 Å². The van der Waals surface area contributed by atoms with Gasteiger partial charge in [0, 0.05) is 5.56 Å². The first-order valence-electron chi connectivity index (χ1n) is 5.97. The molecular weight excluding hydrogens is 284 g/mol. The van der Waals surface area contributed by atoms with E-state index in [0.29, 0.717) is 22.7 Å². The van der Waals surface area contributed by atoms with Gasteiger partial charge in [-0.1, -0.05) is 36.8 Å². The van der Waals surface area contributed by atoms with E-state index in [0.717, 1.165) is 6.42 Å². The van der Waals surface area contributed by atoms with Crippen LogP contribution in [0.25, 0.3) is 0 Å². The molecule has 0 heterocycles. The van der Waals surface area contributed by atoms with E-state index >= 15 is 0 Å². The van der Waals surface area contributed by atoms with E-state index in [2.05, 4.69) is 16.6 Å². The maximum absolute atomic E-state index is 11.8. The van der Waals surface area contributed by atoms with Gasteiger partial charge in [0.15, 0.2) is 0 Å². The molecule has 0 spiro atoms. The summed E-state index contributed by atoms with van der Waals surface area (Å²) in [6.45, 7) is 2.19. The van der Waals surface area contributed by atoms with Crippen LogP contribution in [0.15, 0.2) is 18.2 Å². The third-order valence-electron chi connectivity index (χ3n) is 2.33. The molecule has 0 fully saturated rings. The van der Waals surface area contributed by atoms with Crippen molar-refractivity contribution in [2.24, 2.45) is 5.73 Å². The second kappa shape index (κ2) is 7.39. The van der Waals surface area contributed by atoms with Gasteiger partial charge >= 0.3 is 0 Å². The first-order valence-corrected chi connectivity index (χ1v) is 8.00. The number of nitrogens with two attached hydrogens (primary N) is 1. The van der Waals surface area contributed by atoms with Gasteiger partial charge in [-0.3, -0.25) is 4.72 Å². The summed E-state index contributed by atoms with van der Waals surface area (Å²) in [5.41, 5.74) is 6.31. The van der Waals surface area contributed by atoms with Crippen LogP contribution in [-0.4, -0.2) is 20.7 Å². The van der Waals surface area contributed by atoms with Crippen molar-refractivity contribution in [2.75, 3.05) is 17.0 Å². The molecule has 3 N–H and O–H groups in total. The molecule has 1 aromatic carbocycles. The zero-order valence-corrected chi connectivity index (χ0v) is 12.3. The maximum Gasteiger partial charge on any atom is 0.232 e. The minimum atomic E-state index is -3.36. The number of hydrogen-bond acceptors (Lipinski definition) is 3. The lowest BCUT2D eigenvalue weighted by Gasteiger charge is -2.09. The number of sulfonamides is 1. The average Bonchev–Trinajstić information content (AvgIpc) is 2.37. The van der Waals surface area contributed by atoms with Gasteiger partial charge in [0.2, 0.25) is 10.0 Å². The Hall–Kier alpha value is -1.22. The highest BCUT2D eigenvalue weighted by Crippen LogP contribution is 2.24. The van der Waals surface area contributed by atoms with Gasteiger partial charge in [-0.2, -0.15) is 0 Å². The molecule has 0 aliphatic heterocycles. The lowest BCUT2D eigenvalue weighted by molar-refractivity contribution is 0.598. The Balaban J connectivity index is 2.94. The summed E-state index contributed by atoms with van der Waals surface area (Å²) in [5.74, 6) is 5.62. The third-order valence-corrected chi connectivity index (χ3v) is 4.02. The van der Waals surface area contributed by atoms with E-state index in [9.17, 15) is 8.42 Å². The van der Waals surface area contributed by atoms with Crippen LogP contribution in [0.1, 0.15) is 25.3 Å². The van der Waals surface area contributed by atoms with E-state index < -0.39 is 10.0 Å². The fourth-order valence-corrected chi connectivity index (χ4v) is 2.88. The summed E-state index contributed by atoms with van der Waals surface area (Å²) in [7, 11) is -3.36. The van der Waals surface area contributed by atoms with Gasteiger partial charge < -0.3 is 5.73 Å². The van der Waals surface area contributed by atoms with Gasteiger partial charge in [0.05, 0.1) is 23.0 Å². The predicted molar refractivity (Wildman–Crippen MR) is 79.7 cm³/mol. The van der Waals surface area contributed by atoms with Crippen molar-refractivity contribution in [1.29, 1.82) is 0 Å². The highest BCUT2D eigenvalue weighted by atomic mass is 35.5. The summed E-state index contributed by atoms with van der Waals surface area (Å²) in [4.78, 5) is 0. The van der Waals surface area contributed by atoms with E-state index in [-0.39, 0.29) is 12.3 Å². The highest BCUT2D eigenvalue weighted by Gasteiger charge is 2.12. The molecule has 1 rings (SSSR count). The SMILES string of the molecule is CCCCS(=O)(=O)Nc1cc(C#CCN)ccc1Cl. The maximum atomic E-state index is 11.8. The Bertz CT molecular complexity index is 588. The molecule has 0 aliphatic carbocycles. The Kier molecular flexibility index (Phi) is 6.16. The Morgan fingerprint density at radius 2 is 2.16 bits per heavy atom. The third kappa shape index (κ3) is 5.52. The normalized spacial score (nSPS) is 10.7. The van der Waals surface area contributed by atoms with Crippen LogP contribution in [0.5, 0.6) is 0 Å². The number of halogens is 1. The van der Waals surface area contributed by atoms with Crippen LogP contribution in [-0.2, 0) is 10.0 Å². The second-order valence-electron chi connectivity index (χ2n) is 3.98. The molecule has 0 radical (unpaired) electrons. The molecular formula is C13H17ClN2O2S. The summed E-state index contributed by atoms with van der Waals surface area (Å²) >= 11 is 5.97. The molecule has 4 nitrogen and oxygen atoms in total. The molecule has 6 heteroatoms. The lowest BCUT2D eigenvalue weighted by atomic mass is 10.2. The number of hydrogen-bond donors (Lipinski definition) is 2. The molecule has 0 atom stereocenters. The molecule has 0 saturated carbocycles. The second-order valence-corrected chi connectivity index (χ2v) is 6.22. The zero-order chi connectivity index (χ0) is 14.3. The smallest absolute Gasteiger partial charge is 0.232 e. The predicted octanol–water partition coefficient (Wildman–Crippen LogP) is 2.19. The van der Waals surface area contributed by atoms with Crippen molar-refractivity contribution in [2.45, 2.75) is 19.8 Å². The molecule has 0 amide bonds. The number of rotatable bonds is 5. The standard InChI is InChI=1S/C13H17ClN2O2S/c1-2-3-9-19(17,18)16-13-10-11(5-4-8-15)6-7-12(13)14/h6-7,10,16H,2-3,8-9,15H2,1H3. The highest BCUT2D eigenvalue weighted by molar-refractivity contribution is 7.92. The Labute approximate surface area is 119 Å². The van der Waals surface area contributed by atoms with Crippen molar-refractivity contribution in [3.05, 3.63) is 28.8 Å². The number of anilines is 1. The van der Waals surface area contributed by atoms with E-state index in [1.165, 1.54) is 0 Å². The number of nitrogens with one attached hydrogen (secondary N) is 1. The van der Waals surface area contributed by atoms with Gasteiger partial charge in [-0.25, -0.2) is 8.42 Å². The largest absolute Gasteiger partial charge is 0.320 e. The van der Waals surface area contributed by atoms with Crippen molar-refractivity contribution >= 4 is 27.3 Å². The number of unbranched alkanes of at least 4 members (excludes halogenated alkanes) is 1. The first kappa shape index (κ1) is 15.8. The van der Waals surface area contributed by atoms with Crippen molar-refractivity contribution in [3.63, 3.8) is 0 Å². The van der Waals surface area contributed by atoms with Gasteiger partial charge in [-0.15, -0.1) is 0 Å². The van der Waals surface area contributed by atoms with Crippen LogP contribution in [0, 0.1) is 11.8 Å². The summed E-state index contributed by atoms with van der Waals surface area (Å²) in [5, 5.41) is 0.346. The summed E-state index contributed by atoms with van der Waals surface area (Å²) in [6.07, 6.45) is 1.43. The minimum Gasteiger partial charge on any atom is -0.320 e. The summed E-state index contributed by atoms with van der Waals surface area (Å²) < 4.78 is 26.1. The Morgan fingerprint density at radius 1 is 1.42 bits per heavy atom. The van der Waals surface area contributed by atoms with E-state index in [1.54, 1.807) is 18.2 Å². The van der Waals surface area contributed by atoms with Crippen molar-refractivity contribution < 1.29 is 8.42 Å². The lowest BCUT2D eigenvalue weighted by Crippen LogP contribution is -2.16. The average molecular weight is 301 g/mol. The van der Waals surface area contributed by atoms with Crippen LogP contribution in [0.2, 0.25) is 5.02 Å². The van der Waals surface area contributed by atoms with Gasteiger partial charge in [-0.05, 0) is 24.6 Å². The van der Waals surface area contributed by atoms with Crippen molar-refractivity contribution in [1.82, 2.24) is 0 Å².